The number of allylic oxidation sites excluding steroid dienone is 3. The van der Waals surface area contributed by atoms with Gasteiger partial charge in [-0.15, -0.1) is 0 Å². The van der Waals surface area contributed by atoms with Gasteiger partial charge in [0.1, 0.15) is 49.4 Å². The van der Waals surface area contributed by atoms with Crippen molar-refractivity contribution in [2.24, 2.45) is 71.6 Å². The number of nitrogens with one attached hydrogen (secondary N) is 1. The fourth-order valence-electron chi connectivity index (χ4n) is 10.8. The van der Waals surface area contributed by atoms with Crippen molar-refractivity contribution in [3.05, 3.63) is 199 Å². The Kier molecular flexibility index (Phi) is 11.1. The van der Waals surface area contributed by atoms with Crippen LogP contribution in [0.5, 0.6) is 23.0 Å². The maximum absolute atomic E-state index is 8.22. The lowest BCUT2D eigenvalue weighted by atomic mass is 9.64. The third-order valence-corrected chi connectivity index (χ3v) is 13.6. The second kappa shape index (κ2) is 17.8. The third kappa shape index (κ3) is 8.33. The molecule has 0 saturated carbocycles. The molecule has 16 aliphatic heterocycles. The Morgan fingerprint density at radius 3 is 1.24 bits per heavy atom. The lowest BCUT2D eigenvalue weighted by Crippen LogP contribution is -2.32. The zero-order valence-electron chi connectivity index (χ0n) is 38.9. The highest BCUT2D eigenvalue weighted by molar-refractivity contribution is 5.83. The zero-order valence-corrected chi connectivity index (χ0v) is 38.9. The van der Waals surface area contributed by atoms with Crippen molar-refractivity contribution in [2.45, 2.75) is 56.5 Å². The topological polar surface area (TPSA) is 344 Å². The zero-order chi connectivity index (χ0) is 49.9. The van der Waals surface area contributed by atoms with Gasteiger partial charge in [-0.25, -0.2) is 20.0 Å². The van der Waals surface area contributed by atoms with Crippen molar-refractivity contribution in [2.75, 3.05) is 0 Å². The van der Waals surface area contributed by atoms with Crippen LogP contribution in [0.4, 0.5) is 11.4 Å². The number of rotatable bonds is 6. The van der Waals surface area contributed by atoms with Crippen LogP contribution < -0.4 is 70.6 Å². The Labute approximate surface area is 414 Å². The molecule has 72 heavy (non-hydrogen) atoms. The van der Waals surface area contributed by atoms with Gasteiger partial charge in [0, 0.05) is 29.4 Å². The largest absolute Gasteiger partial charge is 0.489 e. The fourth-order valence-corrected chi connectivity index (χ4v) is 10.8. The van der Waals surface area contributed by atoms with Crippen LogP contribution in [-0.2, 0) is 26.4 Å². The van der Waals surface area contributed by atoms with Gasteiger partial charge in [-0.3, -0.25) is 5.41 Å². The Morgan fingerprint density at radius 2 is 0.806 bits per heavy atom. The molecule has 4 atom stereocenters. The number of benzene rings is 6. The summed E-state index contributed by atoms with van der Waals surface area (Å²) in [7, 11) is 0. The molecule has 22 aliphatic rings. The summed E-state index contributed by atoms with van der Waals surface area (Å²) < 4.78 is 25.9. The quantitative estimate of drug-likeness (QED) is 0.0575. The summed E-state index contributed by atoms with van der Waals surface area (Å²) in [5, 5.41) is 8.22. The van der Waals surface area contributed by atoms with E-state index < -0.39 is 11.8 Å². The average Bonchev–Trinajstić information content (AvgIpc) is 3.33. The van der Waals surface area contributed by atoms with Crippen LogP contribution in [0, 0.1) is 5.41 Å². The first-order chi connectivity index (χ1) is 34.7. The normalized spacial score (nSPS) is 18.6. The van der Waals surface area contributed by atoms with Crippen LogP contribution in [0.25, 0.3) is 0 Å². The maximum atomic E-state index is 8.22. The van der Waals surface area contributed by atoms with E-state index in [-0.39, 0.29) is 67.9 Å². The number of aliphatic imine (C=N–C) groups is 4. The highest BCUT2D eigenvalue weighted by Crippen LogP contribution is 2.58. The number of amidine groups is 1. The molecule has 0 radical (unpaired) electrons. The van der Waals surface area contributed by atoms with Crippen molar-refractivity contribution in [1.29, 1.82) is 5.41 Å². The number of hydrogen-bond acceptors (Lipinski definition) is 9. The van der Waals surface area contributed by atoms with Gasteiger partial charge in [0.15, 0.2) is 23.8 Å². The van der Waals surface area contributed by atoms with Gasteiger partial charge in [0.25, 0.3) is 0 Å². The molecule has 0 aromatic heterocycles. The highest BCUT2D eigenvalue weighted by atomic mass is 16.5. The van der Waals surface area contributed by atoms with Gasteiger partial charge in [-0.05, 0) is 116 Å². The fraction of sp³-hybridized carbons (Fsp3) is 0.167. The molecule has 20 bridgehead atoms. The Bertz CT molecular complexity index is 3450. The smallest absolute Gasteiger partial charge is 0.191 e. The van der Waals surface area contributed by atoms with E-state index in [1.807, 2.05) is 84.9 Å². The molecule has 19 N–H and O–H groups in total. The lowest BCUT2D eigenvalue weighted by Gasteiger charge is -2.41. The summed E-state index contributed by atoms with van der Waals surface area (Å²) >= 11 is 0. The lowest BCUT2D eigenvalue weighted by molar-refractivity contribution is 0.302. The van der Waals surface area contributed by atoms with Gasteiger partial charge in [0.05, 0.1) is 40.4 Å². The minimum atomic E-state index is -0.471. The molecule has 6 aromatic rings. The van der Waals surface area contributed by atoms with Crippen LogP contribution in [0.15, 0.2) is 152 Å². The summed E-state index contributed by atoms with van der Waals surface area (Å²) in [5.74, 6) is 1.04. The predicted molar refractivity (Wildman–Crippen MR) is 278 cm³/mol. The first-order valence-electron chi connectivity index (χ1n) is 23.2. The van der Waals surface area contributed by atoms with Crippen molar-refractivity contribution in [3.63, 3.8) is 0 Å². The van der Waals surface area contributed by atoms with Gasteiger partial charge in [-0.2, -0.15) is 0 Å². The standard InChI is InChI=1S/C54H52N14O4/c55-45(56)16-29-15-38-34-9-5-32-18-40(34)46(29)35-10-6-30(17-39(35)38)69-21-25-1-3-28(43(13-25)65-51(57)58)24-72-33-8-12-37-42(20-33)48-36-11-7-31(19-41(36)47(37)49(67-53(61)62)50(48)68-54(63)64)70-22-26-2-4-27(23-71-32)44(14-26)66-52(59)60/h1-15,17-20,38,46-48H,16,21-24H2,(H3,55,56)(H4,57,58,65)(H4,59,60,66)(H4,61,62,67)(H4,63,64,68)/t38-,46?,47-,48?/m0/s1. The van der Waals surface area contributed by atoms with Gasteiger partial charge >= 0.3 is 0 Å². The Morgan fingerprint density at radius 1 is 0.417 bits per heavy atom. The second-order valence-electron chi connectivity index (χ2n) is 18.4. The van der Waals surface area contributed by atoms with Crippen LogP contribution in [0.2, 0.25) is 0 Å². The minimum Gasteiger partial charge on any atom is -0.489 e. The molecule has 16 heterocycles. The van der Waals surface area contributed by atoms with E-state index >= 15 is 0 Å². The summed E-state index contributed by atoms with van der Waals surface area (Å²) in [6.07, 6.45) is 2.58. The molecule has 18 nitrogen and oxygen atoms in total. The molecular formula is C54H52N14O4. The van der Waals surface area contributed by atoms with E-state index in [1.54, 1.807) is 0 Å². The van der Waals surface area contributed by atoms with Crippen LogP contribution in [0.3, 0.4) is 0 Å². The van der Waals surface area contributed by atoms with Crippen molar-refractivity contribution in [3.8, 4) is 23.0 Å². The molecule has 6 aliphatic carbocycles. The summed E-state index contributed by atoms with van der Waals surface area (Å²) in [6.45, 7) is 0.762. The predicted octanol–water partition coefficient (Wildman–Crippen LogP) is 5.32. The van der Waals surface area contributed by atoms with Gasteiger partial charge in [-0.1, -0.05) is 60.2 Å². The number of nitrogens with zero attached hydrogens (tertiary/aromatic N) is 4. The van der Waals surface area contributed by atoms with Crippen LogP contribution >= 0.6 is 0 Å². The van der Waals surface area contributed by atoms with Crippen molar-refractivity contribution >= 4 is 41.0 Å². The van der Waals surface area contributed by atoms with Gasteiger partial charge in [0.2, 0.25) is 0 Å². The SMILES string of the molecule is N=C(N)CC1=C[C@H]2c3ccc4cc3C1c1ccc(cc12)OCc1ccc(c(N=C(N)N)c1)COc1ccc2c(c1)C1C(N=C(N)N)=C(N=C(N)N)[C@@H]2c2cc(ccc21)OCc1ccc(c(N=C(N)N)c1)CO4. The molecule has 18 heteroatoms. The minimum absolute atomic E-state index is 0.0863. The van der Waals surface area contributed by atoms with Crippen molar-refractivity contribution < 1.29 is 18.9 Å². The molecule has 0 saturated heterocycles. The van der Waals surface area contributed by atoms with E-state index in [1.165, 1.54) is 0 Å². The van der Waals surface area contributed by atoms with E-state index in [4.69, 9.17) is 76.0 Å². The molecule has 6 aromatic carbocycles. The molecule has 0 amide bonds. The van der Waals surface area contributed by atoms with E-state index in [2.05, 4.69) is 50.3 Å². The van der Waals surface area contributed by atoms with Crippen LogP contribution in [0.1, 0.15) is 96.9 Å². The number of hydrogen-bond donors (Lipinski definition) is 10. The summed E-state index contributed by atoms with van der Waals surface area (Å²) in [5.41, 5.74) is 68.7. The van der Waals surface area contributed by atoms with E-state index in [0.717, 1.165) is 72.3 Å². The number of ether oxygens (including phenoxy) is 4. The van der Waals surface area contributed by atoms with Crippen molar-refractivity contribution in [1.82, 2.24) is 0 Å². The average molecular weight is 961 g/mol. The third-order valence-electron chi connectivity index (χ3n) is 13.6. The molecule has 362 valence electrons. The van der Waals surface area contributed by atoms with Crippen LogP contribution in [-0.4, -0.2) is 29.7 Å². The molecule has 0 fully saturated rings. The maximum Gasteiger partial charge on any atom is 0.191 e. The molecule has 2 unspecified atom stereocenters. The number of nitrogens with two attached hydrogens (primary N) is 9. The van der Waals surface area contributed by atoms with E-state index in [0.29, 0.717) is 52.2 Å². The molecular weight excluding hydrogens is 909 g/mol. The summed E-state index contributed by atoms with van der Waals surface area (Å²) in [6, 6.07) is 35.7. The second-order valence-corrected chi connectivity index (χ2v) is 18.4. The van der Waals surface area contributed by atoms with Gasteiger partial charge < -0.3 is 70.6 Å². The number of guanidine groups is 4. The monoisotopic (exact) mass is 960 g/mol. The molecule has 28 rings (SSSR count). The first kappa shape index (κ1) is 45.0. The van der Waals surface area contributed by atoms with E-state index in [9.17, 15) is 0 Å². The highest BCUT2D eigenvalue weighted by Gasteiger charge is 2.45. The summed E-state index contributed by atoms with van der Waals surface area (Å²) in [4.78, 5) is 18.2. The first-order valence-corrected chi connectivity index (χ1v) is 23.2. The Balaban J connectivity index is 0.993. The Hall–Kier alpha value is -9.45. The molecule has 0 spiro atoms.